The lowest BCUT2D eigenvalue weighted by Gasteiger charge is -2.08. The fourth-order valence-corrected chi connectivity index (χ4v) is 1.61. The van der Waals surface area contributed by atoms with Crippen LogP contribution < -0.4 is 15.8 Å². The van der Waals surface area contributed by atoms with Crippen molar-refractivity contribution in [2.75, 3.05) is 24.7 Å². The molecule has 96 valence electrons. The first-order valence-electron chi connectivity index (χ1n) is 5.79. The normalized spacial score (nSPS) is 10.3. The molecule has 0 saturated carbocycles. The first kappa shape index (κ1) is 12.2. The molecule has 6 nitrogen and oxygen atoms in total. The van der Waals surface area contributed by atoms with Gasteiger partial charge in [-0.1, -0.05) is 0 Å². The second-order valence-electron chi connectivity index (χ2n) is 3.88. The largest absolute Gasteiger partial charge is 0.479 e. The van der Waals surface area contributed by atoms with E-state index in [1.807, 2.05) is 23.2 Å². The average Bonchev–Trinajstić information content (AvgIpc) is 2.89. The van der Waals surface area contributed by atoms with Crippen molar-refractivity contribution in [1.82, 2.24) is 14.5 Å². The molecule has 0 aliphatic carbocycles. The van der Waals surface area contributed by atoms with Crippen LogP contribution >= 0.6 is 0 Å². The zero-order chi connectivity index (χ0) is 12.8. The lowest BCUT2D eigenvalue weighted by atomic mass is 10.3. The molecule has 0 saturated heterocycles. The van der Waals surface area contributed by atoms with Gasteiger partial charge >= 0.3 is 0 Å². The minimum absolute atomic E-state index is 0.453. The highest BCUT2D eigenvalue weighted by atomic mass is 16.5. The SMILES string of the molecule is COc1nc(NCCCn2ccnc2)ccc1N. The molecule has 6 heteroatoms. The highest BCUT2D eigenvalue weighted by Gasteiger charge is 2.02. The summed E-state index contributed by atoms with van der Waals surface area (Å²) in [4.78, 5) is 8.24. The van der Waals surface area contributed by atoms with Crippen molar-refractivity contribution in [3.05, 3.63) is 30.9 Å². The van der Waals surface area contributed by atoms with E-state index in [0.717, 1.165) is 25.3 Å². The predicted molar refractivity (Wildman–Crippen MR) is 70.5 cm³/mol. The number of aryl methyl sites for hydroxylation is 1. The van der Waals surface area contributed by atoms with Crippen molar-refractivity contribution in [2.45, 2.75) is 13.0 Å². The Labute approximate surface area is 106 Å². The molecule has 0 fully saturated rings. The standard InChI is InChI=1S/C12H17N5O/c1-18-12-10(13)3-4-11(16-12)15-5-2-7-17-8-6-14-9-17/h3-4,6,8-9H,2,5,7,13H2,1H3,(H,15,16). The van der Waals surface area contributed by atoms with Crippen molar-refractivity contribution < 1.29 is 4.74 Å². The molecule has 0 amide bonds. The van der Waals surface area contributed by atoms with Gasteiger partial charge in [0.15, 0.2) is 0 Å². The molecular formula is C12H17N5O. The predicted octanol–water partition coefficient (Wildman–Crippen LogP) is 1.37. The van der Waals surface area contributed by atoms with Crippen LogP contribution in [0.2, 0.25) is 0 Å². The number of nitrogens with zero attached hydrogens (tertiary/aromatic N) is 3. The van der Waals surface area contributed by atoms with Crippen molar-refractivity contribution in [3.63, 3.8) is 0 Å². The van der Waals surface area contributed by atoms with Crippen LogP contribution in [0.15, 0.2) is 30.9 Å². The van der Waals surface area contributed by atoms with Gasteiger partial charge in [0, 0.05) is 25.5 Å². The van der Waals surface area contributed by atoms with Gasteiger partial charge in [0.05, 0.1) is 19.1 Å². The first-order valence-corrected chi connectivity index (χ1v) is 5.79. The van der Waals surface area contributed by atoms with E-state index in [1.54, 1.807) is 19.4 Å². The Morgan fingerprint density at radius 1 is 1.44 bits per heavy atom. The molecular weight excluding hydrogens is 230 g/mol. The number of nitrogens with one attached hydrogen (secondary N) is 1. The Bertz CT molecular complexity index is 483. The van der Waals surface area contributed by atoms with Crippen LogP contribution in [0.25, 0.3) is 0 Å². The second-order valence-corrected chi connectivity index (χ2v) is 3.88. The molecule has 0 aromatic carbocycles. The molecule has 0 radical (unpaired) electrons. The fourth-order valence-electron chi connectivity index (χ4n) is 1.61. The Morgan fingerprint density at radius 3 is 3.06 bits per heavy atom. The molecule has 2 aromatic rings. The Morgan fingerprint density at radius 2 is 2.33 bits per heavy atom. The summed E-state index contributed by atoms with van der Waals surface area (Å²) in [6, 6.07) is 3.62. The smallest absolute Gasteiger partial charge is 0.238 e. The summed E-state index contributed by atoms with van der Waals surface area (Å²) in [7, 11) is 1.56. The van der Waals surface area contributed by atoms with Crippen molar-refractivity contribution in [3.8, 4) is 5.88 Å². The van der Waals surface area contributed by atoms with Crippen LogP contribution in [-0.4, -0.2) is 28.2 Å². The topological polar surface area (TPSA) is 78.0 Å². The lowest BCUT2D eigenvalue weighted by molar-refractivity contribution is 0.401. The number of methoxy groups -OCH3 is 1. The third-order valence-corrected chi connectivity index (χ3v) is 2.54. The van der Waals surface area contributed by atoms with Gasteiger partial charge in [-0.3, -0.25) is 0 Å². The number of aromatic nitrogens is 3. The number of imidazole rings is 1. The Hall–Kier alpha value is -2.24. The van der Waals surface area contributed by atoms with Gasteiger partial charge in [-0.15, -0.1) is 0 Å². The van der Waals surface area contributed by atoms with Crippen LogP contribution in [0.4, 0.5) is 11.5 Å². The molecule has 0 unspecified atom stereocenters. The third kappa shape index (κ3) is 3.13. The maximum Gasteiger partial charge on any atom is 0.238 e. The maximum absolute atomic E-state index is 5.69. The van der Waals surface area contributed by atoms with Crippen molar-refractivity contribution >= 4 is 11.5 Å². The van der Waals surface area contributed by atoms with Gasteiger partial charge in [0.2, 0.25) is 5.88 Å². The van der Waals surface area contributed by atoms with Crippen LogP contribution in [0.1, 0.15) is 6.42 Å². The minimum Gasteiger partial charge on any atom is -0.479 e. The number of ether oxygens (including phenoxy) is 1. The zero-order valence-electron chi connectivity index (χ0n) is 10.3. The monoisotopic (exact) mass is 247 g/mol. The van der Waals surface area contributed by atoms with Crippen LogP contribution in [0.5, 0.6) is 5.88 Å². The first-order chi connectivity index (χ1) is 8.79. The van der Waals surface area contributed by atoms with Gasteiger partial charge in [-0.2, -0.15) is 4.98 Å². The summed E-state index contributed by atoms with van der Waals surface area (Å²) in [5, 5.41) is 3.23. The summed E-state index contributed by atoms with van der Waals surface area (Å²) < 4.78 is 7.10. The van der Waals surface area contributed by atoms with Gasteiger partial charge < -0.3 is 20.4 Å². The van der Waals surface area contributed by atoms with E-state index >= 15 is 0 Å². The number of pyridine rings is 1. The second kappa shape index (κ2) is 5.90. The summed E-state index contributed by atoms with van der Waals surface area (Å²) in [5.41, 5.74) is 6.24. The van der Waals surface area contributed by atoms with E-state index in [2.05, 4.69) is 15.3 Å². The Balaban J connectivity index is 1.79. The summed E-state index contributed by atoms with van der Waals surface area (Å²) in [6.45, 7) is 1.76. The van der Waals surface area contributed by atoms with Crippen LogP contribution in [-0.2, 0) is 6.54 Å². The van der Waals surface area contributed by atoms with E-state index in [1.165, 1.54) is 0 Å². The van der Waals surface area contributed by atoms with E-state index in [-0.39, 0.29) is 0 Å². The molecule has 18 heavy (non-hydrogen) atoms. The molecule has 0 aliphatic rings. The van der Waals surface area contributed by atoms with Crippen molar-refractivity contribution in [2.24, 2.45) is 0 Å². The van der Waals surface area contributed by atoms with E-state index in [0.29, 0.717) is 11.6 Å². The van der Waals surface area contributed by atoms with Gasteiger partial charge in [-0.25, -0.2) is 4.98 Å². The molecule has 0 aliphatic heterocycles. The molecule has 3 N–H and O–H groups in total. The minimum atomic E-state index is 0.453. The number of rotatable bonds is 6. The third-order valence-electron chi connectivity index (χ3n) is 2.54. The molecule has 2 rings (SSSR count). The van der Waals surface area contributed by atoms with Crippen molar-refractivity contribution in [1.29, 1.82) is 0 Å². The molecule has 0 atom stereocenters. The number of hydrogen-bond donors (Lipinski definition) is 2. The van der Waals surface area contributed by atoms with Crippen LogP contribution in [0.3, 0.4) is 0 Å². The number of nitrogen functional groups attached to an aromatic ring is 1. The quantitative estimate of drug-likeness (QED) is 0.754. The number of anilines is 2. The fraction of sp³-hybridized carbons (Fsp3) is 0.333. The Kier molecular flexibility index (Phi) is 4.01. The highest BCUT2D eigenvalue weighted by Crippen LogP contribution is 2.19. The van der Waals surface area contributed by atoms with E-state index in [9.17, 15) is 0 Å². The van der Waals surface area contributed by atoms with Gasteiger partial charge in [0.1, 0.15) is 5.82 Å². The number of hydrogen-bond acceptors (Lipinski definition) is 5. The van der Waals surface area contributed by atoms with E-state index in [4.69, 9.17) is 10.5 Å². The van der Waals surface area contributed by atoms with Crippen LogP contribution in [0, 0.1) is 0 Å². The molecule has 2 aromatic heterocycles. The molecule has 2 heterocycles. The summed E-state index contributed by atoms with van der Waals surface area (Å²) in [6.07, 6.45) is 6.53. The average molecular weight is 247 g/mol. The number of nitrogens with two attached hydrogens (primary N) is 1. The summed E-state index contributed by atoms with van der Waals surface area (Å²) >= 11 is 0. The summed E-state index contributed by atoms with van der Waals surface area (Å²) in [5.74, 6) is 1.22. The molecule has 0 bridgehead atoms. The zero-order valence-corrected chi connectivity index (χ0v) is 10.3. The van der Waals surface area contributed by atoms with Gasteiger partial charge in [0.25, 0.3) is 0 Å². The highest BCUT2D eigenvalue weighted by molar-refractivity contribution is 5.53. The lowest BCUT2D eigenvalue weighted by Crippen LogP contribution is -2.07. The maximum atomic E-state index is 5.69. The van der Waals surface area contributed by atoms with Gasteiger partial charge in [-0.05, 0) is 18.6 Å². The molecule has 0 spiro atoms. The van der Waals surface area contributed by atoms with E-state index < -0.39 is 0 Å².